The number of β-lactam (4-membered cyclic amide) rings is 1. The molecule has 0 radical (unpaired) electrons. The van der Waals surface area contributed by atoms with Crippen LogP contribution < -0.4 is 0 Å². The number of amides is 1. The van der Waals surface area contributed by atoms with Crippen molar-refractivity contribution < 1.29 is 40.5 Å². The Morgan fingerprint density at radius 2 is 1.56 bits per heavy atom. The predicted octanol–water partition coefficient (Wildman–Crippen LogP) is 4.29. The summed E-state index contributed by atoms with van der Waals surface area (Å²) in [5, 5.41) is 0.232. The lowest BCUT2D eigenvalue weighted by atomic mass is 10.0. The minimum absolute atomic E-state index is 0.0198. The van der Waals surface area contributed by atoms with Crippen LogP contribution in [0.3, 0.4) is 0 Å². The summed E-state index contributed by atoms with van der Waals surface area (Å²) in [5.74, 6) is -0.471. The Morgan fingerprint density at radius 1 is 1.09 bits per heavy atom. The quantitative estimate of drug-likeness (QED) is 0.281. The van der Waals surface area contributed by atoms with Crippen LogP contribution in [0.2, 0.25) is 0 Å². The second kappa shape index (κ2) is 10.2. The summed E-state index contributed by atoms with van der Waals surface area (Å²) in [6, 6.07) is 19.3. The van der Waals surface area contributed by atoms with Crippen molar-refractivity contribution in [3.8, 4) is 0 Å². The summed E-state index contributed by atoms with van der Waals surface area (Å²) in [4.78, 5) is 26.5. The Bertz CT molecular complexity index is 1130. The first-order chi connectivity index (χ1) is 15.9. The molecule has 2 aromatic rings. The number of benzene rings is 2. The molecule has 182 valence electrons. The van der Waals surface area contributed by atoms with Gasteiger partial charge >= 0.3 is 21.6 Å². The van der Waals surface area contributed by atoms with Gasteiger partial charge in [-0.25, -0.2) is 4.79 Å². The minimum atomic E-state index is -5.84. The van der Waals surface area contributed by atoms with Crippen LogP contribution in [-0.4, -0.2) is 45.9 Å². The Balaban J connectivity index is 0.000000350. The molecule has 2 heterocycles. The topological polar surface area (TPSA) is 101 Å². The number of thioether (sulfide) groups is 1. The van der Waals surface area contributed by atoms with Gasteiger partial charge in [0.25, 0.3) is 0 Å². The molecule has 1 unspecified atom stereocenters. The van der Waals surface area contributed by atoms with Crippen molar-refractivity contribution in [3.05, 3.63) is 83.6 Å². The lowest BCUT2D eigenvalue weighted by molar-refractivity contribution is -0.151. The number of hydrogen-bond donors (Lipinski definition) is 1. The van der Waals surface area contributed by atoms with Gasteiger partial charge in [0.1, 0.15) is 5.70 Å². The van der Waals surface area contributed by atoms with Crippen LogP contribution in [0.15, 0.2) is 72.4 Å². The Kier molecular flexibility index (Phi) is 7.74. The average Bonchev–Trinajstić information content (AvgIpc) is 2.76. The number of alkyl halides is 3. The number of carbonyl (C=O) groups excluding carboxylic acids is 2. The first-order valence-electron chi connectivity index (χ1n) is 9.92. The zero-order valence-electron chi connectivity index (χ0n) is 17.7. The third-order valence-electron chi connectivity index (χ3n) is 4.86. The van der Waals surface area contributed by atoms with E-state index in [9.17, 15) is 22.8 Å². The van der Waals surface area contributed by atoms with Gasteiger partial charge in [0.2, 0.25) is 5.91 Å². The van der Waals surface area contributed by atoms with Crippen LogP contribution in [0, 0.1) is 0 Å². The molecule has 4 rings (SSSR count). The maximum Gasteiger partial charge on any atom is 0.522 e. The molecule has 12 heteroatoms. The highest BCUT2D eigenvalue weighted by molar-refractivity contribution is 8.00. The second-order valence-corrected chi connectivity index (χ2v) is 10.3. The number of rotatable bonds is 4. The molecule has 0 spiro atoms. The zero-order valence-corrected chi connectivity index (χ0v) is 19.3. The Morgan fingerprint density at radius 3 is 1.97 bits per heavy atom. The van der Waals surface area contributed by atoms with E-state index in [1.54, 1.807) is 16.7 Å². The van der Waals surface area contributed by atoms with Crippen molar-refractivity contribution in [1.29, 1.82) is 0 Å². The summed E-state index contributed by atoms with van der Waals surface area (Å²) < 4.78 is 63.4. The highest BCUT2D eigenvalue weighted by Gasteiger charge is 2.45. The average molecular weight is 516 g/mol. The molecule has 34 heavy (non-hydrogen) atoms. The SMILES string of the molecule is CC1C=C(C(=O)OC(c2ccccc2)c2ccccc2)N2C(=O)C[C@H]2S1.O=S(=O)(O)C(F)(F)F. The predicted molar refractivity (Wildman–Crippen MR) is 119 cm³/mol. The molecule has 1 fully saturated rings. The fourth-order valence-electron chi connectivity index (χ4n) is 3.29. The molecule has 0 aliphatic carbocycles. The molecule has 7 nitrogen and oxygen atoms in total. The van der Waals surface area contributed by atoms with Crippen LogP contribution in [0.25, 0.3) is 0 Å². The van der Waals surface area contributed by atoms with E-state index in [-0.39, 0.29) is 16.5 Å². The maximum atomic E-state index is 12.9. The number of hydrogen-bond acceptors (Lipinski definition) is 6. The van der Waals surface area contributed by atoms with Gasteiger partial charge < -0.3 is 4.74 Å². The van der Waals surface area contributed by atoms with E-state index < -0.39 is 27.7 Å². The van der Waals surface area contributed by atoms with E-state index in [0.29, 0.717) is 12.1 Å². The summed E-state index contributed by atoms with van der Waals surface area (Å²) in [6.07, 6.45) is 1.80. The van der Waals surface area contributed by atoms with Crippen LogP contribution in [0.1, 0.15) is 30.6 Å². The highest BCUT2D eigenvalue weighted by atomic mass is 32.2. The number of nitrogens with zero attached hydrogens (tertiary/aromatic N) is 1. The van der Waals surface area contributed by atoms with Crippen LogP contribution in [0.4, 0.5) is 13.2 Å². The number of fused-ring (bicyclic) bond motifs is 1. The number of carbonyl (C=O) groups is 2. The van der Waals surface area contributed by atoms with E-state index >= 15 is 0 Å². The van der Waals surface area contributed by atoms with Crippen molar-refractivity contribution in [2.24, 2.45) is 0 Å². The molecule has 2 aromatic carbocycles. The normalized spacial score (nSPS) is 19.9. The molecule has 2 aliphatic heterocycles. The first kappa shape index (κ1) is 25.8. The first-order valence-corrected chi connectivity index (χ1v) is 12.3. The minimum Gasteiger partial charge on any atom is -0.448 e. The van der Waals surface area contributed by atoms with E-state index in [1.807, 2.05) is 73.7 Å². The summed E-state index contributed by atoms with van der Waals surface area (Å²) in [5.41, 5.74) is -3.36. The van der Waals surface area contributed by atoms with Crippen LogP contribution in [0.5, 0.6) is 0 Å². The molecule has 0 saturated carbocycles. The summed E-state index contributed by atoms with van der Waals surface area (Å²) >= 11 is 1.69. The lowest BCUT2D eigenvalue weighted by Gasteiger charge is -2.44. The third-order valence-corrected chi connectivity index (χ3v) is 6.70. The molecule has 1 saturated heterocycles. The van der Waals surface area contributed by atoms with Gasteiger partial charge in [-0.05, 0) is 24.1 Å². The lowest BCUT2D eigenvalue weighted by Crippen LogP contribution is -2.54. The van der Waals surface area contributed by atoms with Gasteiger partial charge in [-0.3, -0.25) is 14.2 Å². The van der Waals surface area contributed by atoms with Crippen molar-refractivity contribution in [2.45, 2.75) is 35.6 Å². The van der Waals surface area contributed by atoms with E-state index in [1.165, 1.54) is 0 Å². The Hall–Kier alpha value is -2.83. The number of halogens is 3. The third kappa shape index (κ3) is 5.99. The van der Waals surface area contributed by atoms with E-state index in [0.717, 1.165) is 11.1 Å². The largest absolute Gasteiger partial charge is 0.522 e. The molecule has 0 bridgehead atoms. The summed E-state index contributed by atoms with van der Waals surface area (Å²) in [7, 11) is -5.84. The van der Waals surface area contributed by atoms with Crippen LogP contribution in [-0.2, 0) is 24.4 Å². The molecular formula is C22H20F3NO6S2. The Labute approximate surface area is 198 Å². The van der Waals surface area contributed by atoms with Gasteiger partial charge in [0, 0.05) is 5.25 Å². The van der Waals surface area contributed by atoms with Gasteiger partial charge in [-0.2, -0.15) is 21.6 Å². The van der Waals surface area contributed by atoms with Gasteiger partial charge in [-0.15, -0.1) is 11.8 Å². The highest BCUT2D eigenvalue weighted by Crippen LogP contribution is 2.41. The molecular weight excluding hydrogens is 495 g/mol. The maximum absolute atomic E-state index is 12.9. The fourth-order valence-corrected chi connectivity index (χ4v) is 4.59. The molecule has 1 N–H and O–H groups in total. The van der Waals surface area contributed by atoms with Crippen LogP contribution >= 0.6 is 11.8 Å². The second-order valence-electron chi connectivity index (χ2n) is 7.34. The number of ether oxygens (including phenoxy) is 1. The van der Waals surface area contributed by atoms with Gasteiger partial charge in [-0.1, -0.05) is 60.7 Å². The van der Waals surface area contributed by atoms with Crippen molar-refractivity contribution in [3.63, 3.8) is 0 Å². The fraction of sp³-hybridized carbons (Fsp3) is 0.273. The van der Waals surface area contributed by atoms with Crippen molar-refractivity contribution in [2.75, 3.05) is 0 Å². The summed E-state index contributed by atoms with van der Waals surface area (Å²) in [6.45, 7) is 2.03. The van der Waals surface area contributed by atoms with E-state index in [2.05, 4.69) is 0 Å². The monoisotopic (exact) mass is 515 g/mol. The van der Waals surface area contributed by atoms with E-state index in [4.69, 9.17) is 17.7 Å². The van der Waals surface area contributed by atoms with Gasteiger partial charge in [0.15, 0.2) is 6.10 Å². The molecule has 1 amide bonds. The van der Waals surface area contributed by atoms with Crippen molar-refractivity contribution >= 4 is 33.8 Å². The molecule has 2 aliphatic rings. The van der Waals surface area contributed by atoms with Gasteiger partial charge in [0.05, 0.1) is 11.8 Å². The molecule has 0 aromatic heterocycles. The standard InChI is InChI=1S/C21H19NO3S.CHF3O3S/c1-14-12-17(22-18(23)13-19(22)26-14)21(24)25-20(15-8-4-2-5-9-15)16-10-6-3-7-11-16;2-1(3,4)8(5,6)7/h2-12,14,19-20H,13H2,1H3;(H,5,6,7)/t14?,19-;/m1./s1. The smallest absolute Gasteiger partial charge is 0.448 e. The number of esters is 1. The zero-order chi connectivity index (χ0) is 25.1. The van der Waals surface area contributed by atoms with Crippen molar-refractivity contribution in [1.82, 2.24) is 4.90 Å². The molecule has 2 atom stereocenters.